The van der Waals surface area contributed by atoms with Crippen molar-refractivity contribution in [3.05, 3.63) is 0 Å². The normalized spacial score (nSPS) is 29.5. The largest absolute Gasteiger partial charge is 0.371 e. The number of halogens is 2. The van der Waals surface area contributed by atoms with Crippen LogP contribution in [0.25, 0.3) is 0 Å². The minimum Gasteiger partial charge on any atom is -0.371 e. The Morgan fingerprint density at radius 3 is 2.38 bits per heavy atom. The predicted molar refractivity (Wildman–Crippen MR) is 54.3 cm³/mol. The fourth-order valence-electron chi connectivity index (χ4n) is 1.44. The van der Waals surface area contributed by atoms with E-state index in [0.29, 0.717) is 13.0 Å². The Hall–Kier alpha value is 0.140. The highest BCUT2D eigenvalue weighted by Gasteiger charge is 2.25. The molecule has 0 spiro atoms. The lowest BCUT2D eigenvalue weighted by Crippen LogP contribution is -2.44. The van der Waals surface area contributed by atoms with Gasteiger partial charge in [-0.15, -0.1) is 12.4 Å². The van der Waals surface area contributed by atoms with Crippen LogP contribution in [0.15, 0.2) is 0 Å². The van der Waals surface area contributed by atoms with E-state index in [-0.39, 0.29) is 24.1 Å². The number of hydrogen-bond donors (Lipinski definition) is 1. The molecule has 2 atom stereocenters. The molecule has 0 amide bonds. The highest BCUT2D eigenvalue weighted by Crippen LogP contribution is 2.17. The highest BCUT2D eigenvalue weighted by atomic mass is 35.5. The second kappa shape index (κ2) is 5.13. The van der Waals surface area contributed by atoms with E-state index >= 15 is 0 Å². The fraction of sp³-hybridized carbons (Fsp3) is 1.00. The molecular formula is C9H19ClFNO. The summed E-state index contributed by atoms with van der Waals surface area (Å²) in [5, 5.41) is 3.01. The minimum atomic E-state index is -0.744. The predicted octanol–water partition coefficient (Wildman–Crippen LogP) is 1.92. The third-order valence-electron chi connectivity index (χ3n) is 1.78. The summed E-state index contributed by atoms with van der Waals surface area (Å²) in [5.74, 6) is 0. The van der Waals surface area contributed by atoms with Crippen LogP contribution in [0.2, 0.25) is 0 Å². The number of nitrogens with one attached hydrogen (secondary N) is 1. The zero-order valence-corrected chi connectivity index (χ0v) is 9.29. The first-order valence-corrected chi connectivity index (χ1v) is 4.50. The zero-order chi connectivity index (χ0) is 9.19. The first-order valence-electron chi connectivity index (χ1n) is 4.50. The molecule has 80 valence electrons. The fourth-order valence-corrected chi connectivity index (χ4v) is 1.44. The van der Waals surface area contributed by atoms with Crippen molar-refractivity contribution in [3.63, 3.8) is 0 Å². The van der Waals surface area contributed by atoms with Crippen LogP contribution in [0, 0.1) is 0 Å². The Balaban J connectivity index is 0.00000144. The Morgan fingerprint density at radius 1 is 1.31 bits per heavy atom. The molecule has 2 nitrogen and oxygen atoms in total. The van der Waals surface area contributed by atoms with E-state index < -0.39 is 6.17 Å². The van der Waals surface area contributed by atoms with Gasteiger partial charge in [0.2, 0.25) is 0 Å². The van der Waals surface area contributed by atoms with Crippen molar-refractivity contribution in [2.24, 2.45) is 0 Å². The van der Waals surface area contributed by atoms with E-state index in [2.05, 4.69) is 5.32 Å². The first kappa shape index (κ1) is 13.1. The topological polar surface area (TPSA) is 21.3 Å². The number of rotatable bonds is 1. The van der Waals surface area contributed by atoms with Gasteiger partial charge in [-0.05, 0) is 20.8 Å². The zero-order valence-electron chi connectivity index (χ0n) is 8.47. The van der Waals surface area contributed by atoms with E-state index in [1.165, 1.54) is 0 Å². The summed E-state index contributed by atoms with van der Waals surface area (Å²) in [7, 11) is 0. The van der Waals surface area contributed by atoms with Crippen LogP contribution in [-0.4, -0.2) is 31.0 Å². The maximum absolute atomic E-state index is 12.9. The molecule has 1 heterocycles. The van der Waals surface area contributed by atoms with Gasteiger partial charge in [0.05, 0.1) is 11.7 Å². The summed E-state index contributed by atoms with van der Waals surface area (Å²) in [6, 6.07) is 0. The van der Waals surface area contributed by atoms with Crippen molar-refractivity contribution < 1.29 is 9.13 Å². The van der Waals surface area contributed by atoms with E-state index in [4.69, 9.17) is 4.74 Å². The van der Waals surface area contributed by atoms with Gasteiger partial charge in [0.1, 0.15) is 6.17 Å². The van der Waals surface area contributed by atoms with Gasteiger partial charge < -0.3 is 10.1 Å². The molecule has 1 aliphatic heterocycles. The Kier molecular flexibility index (Phi) is 5.18. The summed E-state index contributed by atoms with van der Waals surface area (Å²) in [5.41, 5.74) is -0.163. The monoisotopic (exact) mass is 211 g/mol. The second-order valence-electron chi connectivity index (χ2n) is 4.34. The van der Waals surface area contributed by atoms with Crippen molar-refractivity contribution >= 4 is 12.4 Å². The molecule has 13 heavy (non-hydrogen) atoms. The van der Waals surface area contributed by atoms with Crippen LogP contribution in [-0.2, 0) is 4.74 Å². The number of piperidine rings is 1. The molecule has 4 heteroatoms. The van der Waals surface area contributed by atoms with Crippen LogP contribution >= 0.6 is 12.4 Å². The Labute approximate surface area is 85.6 Å². The molecule has 1 rings (SSSR count). The van der Waals surface area contributed by atoms with Gasteiger partial charge in [-0.25, -0.2) is 4.39 Å². The van der Waals surface area contributed by atoms with Crippen LogP contribution in [0.1, 0.15) is 27.2 Å². The van der Waals surface area contributed by atoms with Crippen molar-refractivity contribution in [3.8, 4) is 0 Å². The van der Waals surface area contributed by atoms with E-state index in [0.717, 1.165) is 6.54 Å². The van der Waals surface area contributed by atoms with Gasteiger partial charge in [-0.3, -0.25) is 0 Å². The molecule has 0 aromatic carbocycles. The molecule has 1 N–H and O–H groups in total. The number of hydrogen-bond acceptors (Lipinski definition) is 2. The lowest BCUT2D eigenvalue weighted by atomic mass is 10.1. The van der Waals surface area contributed by atoms with Gasteiger partial charge in [-0.2, -0.15) is 0 Å². The van der Waals surface area contributed by atoms with Crippen molar-refractivity contribution in [1.82, 2.24) is 5.32 Å². The maximum atomic E-state index is 12.9. The Morgan fingerprint density at radius 2 is 1.92 bits per heavy atom. The second-order valence-corrected chi connectivity index (χ2v) is 4.34. The van der Waals surface area contributed by atoms with Gasteiger partial charge in [0.15, 0.2) is 0 Å². The first-order chi connectivity index (χ1) is 5.47. The molecule has 1 fully saturated rings. The quantitative estimate of drug-likeness (QED) is 0.716. The molecule has 1 aliphatic rings. The summed E-state index contributed by atoms with van der Waals surface area (Å²) in [4.78, 5) is 0. The average Bonchev–Trinajstić information content (AvgIpc) is 1.82. The molecule has 0 radical (unpaired) electrons. The van der Waals surface area contributed by atoms with Crippen LogP contribution in [0.5, 0.6) is 0 Å². The molecule has 0 unspecified atom stereocenters. The number of ether oxygens (including phenoxy) is 1. The van der Waals surface area contributed by atoms with E-state index in [9.17, 15) is 4.39 Å². The standard InChI is InChI=1S/C9H18FNO.ClH/c1-9(2,3)12-8-4-7(10)5-11-6-8;/h7-8,11H,4-6H2,1-3H3;1H/t7-,8-;/m1./s1. The van der Waals surface area contributed by atoms with E-state index in [1.807, 2.05) is 20.8 Å². The molecule has 1 saturated heterocycles. The SMILES string of the molecule is CC(C)(C)O[C@H]1CNC[C@H](F)C1.Cl. The molecule has 0 saturated carbocycles. The Bertz CT molecular complexity index is 149. The molecule has 0 aromatic heterocycles. The maximum Gasteiger partial charge on any atom is 0.115 e. The third-order valence-corrected chi connectivity index (χ3v) is 1.78. The summed E-state index contributed by atoms with van der Waals surface area (Å²) in [6.45, 7) is 7.24. The molecule has 0 bridgehead atoms. The van der Waals surface area contributed by atoms with Crippen molar-refractivity contribution in [2.75, 3.05) is 13.1 Å². The van der Waals surface area contributed by atoms with Gasteiger partial charge in [0.25, 0.3) is 0 Å². The van der Waals surface area contributed by atoms with Crippen LogP contribution in [0.4, 0.5) is 4.39 Å². The lowest BCUT2D eigenvalue weighted by molar-refractivity contribution is -0.0770. The smallest absolute Gasteiger partial charge is 0.115 e. The van der Waals surface area contributed by atoms with Crippen LogP contribution in [0.3, 0.4) is 0 Å². The van der Waals surface area contributed by atoms with Gasteiger partial charge >= 0.3 is 0 Å². The molecule has 0 aliphatic carbocycles. The van der Waals surface area contributed by atoms with Gasteiger partial charge in [0, 0.05) is 19.5 Å². The third kappa shape index (κ3) is 5.45. The summed E-state index contributed by atoms with van der Waals surface area (Å²) in [6.07, 6.45) is -0.176. The van der Waals surface area contributed by atoms with Crippen LogP contribution < -0.4 is 5.32 Å². The van der Waals surface area contributed by atoms with Gasteiger partial charge in [-0.1, -0.05) is 0 Å². The average molecular weight is 212 g/mol. The van der Waals surface area contributed by atoms with Crippen molar-refractivity contribution in [2.45, 2.75) is 45.1 Å². The number of alkyl halides is 1. The minimum absolute atomic E-state index is 0. The summed E-state index contributed by atoms with van der Waals surface area (Å²) >= 11 is 0. The lowest BCUT2D eigenvalue weighted by Gasteiger charge is -2.31. The van der Waals surface area contributed by atoms with E-state index in [1.54, 1.807) is 0 Å². The van der Waals surface area contributed by atoms with Crippen molar-refractivity contribution in [1.29, 1.82) is 0 Å². The molecule has 0 aromatic rings. The highest BCUT2D eigenvalue weighted by molar-refractivity contribution is 5.85. The summed E-state index contributed by atoms with van der Waals surface area (Å²) < 4.78 is 18.5. The molecular weight excluding hydrogens is 193 g/mol.